The average molecular weight is 537 g/mol. The van der Waals surface area contributed by atoms with Crippen LogP contribution in [-0.4, -0.2) is 56.9 Å². The van der Waals surface area contributed by atoms with Gasteiger partial charge >= 0.3 is 224 Å². The fourth-order valence-corrected chi connectivity index (χ4v) is 4.02. The zero-order valence-electron chi connectivity index (χ0n) is 19.1. The Hall–Kier alpha value is -1.56. The van der Waals surface area contributed by atoms with Gasteiger partial charge in [0.15, 0.2) is 0 Å². The fraction of sp³-hybridized carbons (Fsp3) is 0. The molecule has 0 saturated heterocycles. The molecule has 0 aliphatic carbocycles. The van der Waals surface area contributed by atoms with Gasteiger partial charge in [0, 0.05) is 12.1 Å². The summed E-state index contributed by atoms with van der Waals surface area (Å²) in [4.78, 5) is 20.9. The van der Waals surface area contributed by atoms with Crippen LogP contribution >= 0.6 is 0 Å². The van der Waals surface area contributed by atoms with Gasteiger partial charge in [-0.2, -0.15) is 0 Å². The van der Waals surface area contributed by atoms with Crippen LogP contribution in [0.4, 0.5) is 28.4 Å². The van der Waals surface area contributed by atoms with E-state index in [-0.39, 0.29) is 87.6 Å². The molecular formula is C19H10N5Na3O8S. The molecule has 0 amide bonds. The molecule has 0 aromatic heterocycles. The number of nitro groups is 1. The van der Waals surface area contributed by atoms with Crippen molar-refractivity contribution in [2.75, 3.05) is 0 Å². The summed E-state index contributed by atoms with van der Waals surface area (Å²) in [6.07, 6.45) is 0. The van der Waals surface area contributed by atoms with Gasteiger partial charge in [0.1, 0.15) is 0 Å². The number of non-ortho nitro benzene ring substituents is 1. The molecule has 0 bridgehead atoms. The number of carboxylic acids is 1. The van der Waals surface area contributed by atoms with Gasteiger partial charge in [0.25, 0.3) is 5.69 Å². The van der Waals surface area contributed by atoms with E-state index in [0.717, 1.165) is 12.1 Å². The minimum absolute atomic E-state index is 0. The van der Waals surface area contributed by atoms with Crippen molar-refractivity contribution in [2.24, 2.45) is 20.5 Å². The van der Waals surface area contributed by atoms with E-state index >= 15 is 0 Å². The number of nitro benzene ring substituents is 1. The maximum Gasteiger partial charge on any atom is 1.00 e. The number of carbonyl (C=O) groups is 1. The Bertz CT molecular complexity index is 1460. The number of benzene rings is 3. The van der Waals surface area contributed by atoms with Crippen LogP contribution in [0.25, 0.3) is 0 Å². The summed E-state index contributed by atoms with van der Waals surface area (Å²) in [5, 5.41) is 47.4. The number of rotatable bonds is 7. The normalized spacial score (nSPS) is 11.2. The smallest absolute Gasteiger partial charge is 1.00 e. The molecule has 3 rings (SSSR count). The maximum atomic E-state index is 11.5. The van der Waals surface area contributed by atoms with Crippen molar-refractivity contribution in [2.45, 2.75) is 4.90 Å². The van der Waals surface area contributed by atoms with Gasteiger partial charge < -0.3 is 0 Å². The van der Waals surface area contributed by atoms with Crippen molar-refractivity contribution in [1.29, 1.82) is 0 Å². The van der Waals surface area contributed by atoms with Crippen LogP contribution in [0.5, 0.6) is 5.75 Å². The van der Waals surface area contributed by atoms with Gasteiger partial charge in [-0.3, -0.25) is 10.1 Å². The zero-order valence-corrected chi connectivity index (χ0v) is 26.0. The standard InChI is InChI=1S/C19H12N5O8S.3Na/c25-18-14(19(26)27)9-12(21-22-15-3-1-2-4-17(15)33(30,31)32)10-16(18)23-20-11-5-7-13(8-6-11)24(28)29;;;/h1,3-10,25H,(H,26,27)(H,30,31,32);;;/q;;2*+1/p-2. The number of aromatic hydroxyl groups is 1. The summed E-state index contributed by atoms with van der Waals surface area (Å²) >= 11 is 0.484. The number of aromatic carboxylic acids is 1. The summed E-state index contributed by atoms with van der Waals surface area (Å²) < 4.78 is 35.2. The average Bonchev–Trinajstić information content (AvgIpc) is 2.77. The summed E-state index contributed by atoms with van der Waals surface area (Å²) in [6.45, 7) is 0. The third kappa shape index (κ3) is 8.49. The molecule has 13 nitrogen and oxygen atoms in total. The van der Waals surface area contributed by atoms with E-state index in [2.05, 4.69) is 20.5 Å². The number of nitrogens with zero attached hydrogens (tertiary/aromatic N) is 5. The Morgan fingerprint density at radius 1 is 0.889 bits per heavy atom. The molecule has 1 N–H and O–H groups in total. The Morgan fingerprint density at radius 2 is 1.47 bits per heavy atom. The minimum atomic E-state index is -4.85. The van der Waals surface area contributed by atoms with Crippen LogP contribution in [0, 0.1) is 10.1 Å². The molecule has 3 aromatic rings. The van der Waals surface area contributed by atoms with E-state index in [9.17, 15) is 38.1 Å². The van der Waals surface area contributed by atoms with Gasteiger partial charge in [-0.15, -0.1) is 0 Å². The van der Waals surface area contributed by atoms with Crippen molar-refractivity contribution in [3.63, 3.8) is 0 Å². The Kier molecular flexibility index (Phi) is 12.5. The van der Waals surface area contributed by atoms with Gasteiger partial charge in [0.2, 0.25) is 0 Å². The summed E-state index contributed by atoms with van der Waals surface area (Å²) in [6, 6.07) is 11.0. The topological polar surface area (TPSA) is 210 Å². The predicted octanol–water partition coefficient (Wildman–Crippen LogP) is -3.80. The maximum absolute atomic E-state index is 11.5. The van der Waals surface area contributed by atoms with Crippen molar-refractivity contribution < 1.29 is 92.0 Å². The molecule has 0 atom stereocenters. The van der Waals surface area contributed by atoms with E-state index in [1.807, 2.05) is 0 Å². The molecule has 0 radical (unpaired) electrons. The number of phenols is 1. The van der Waals surface area contributed by atoms with Crippen LogP contribution in [0.3, 0.4) is 0 Å². The molecule has 0 aliphatic rings. The van der Waals surface area contributed by atoms with Crippen molar-refractivity contribution in [1.82, 2.24) is 0 Å². The number of hydrogen-bond donors (Lipinski definition) is 1. The van der Waals surface area contributed by atoms with E-state index in [4.69, 9.17) is 0 Å². The molecular weight excluding hydrogens is 527 g/mol. The number of carbonyl (C=O) groups excluding carboxylic acids is 1. The third-order valence-corrected chi connectivity index (χ3v) is 5.77. The first-order chi connectivity index (χ1) is 16.0. The van der Waals surface area contributed by atoms with Crippen LogP contribution < -0.4 is 67.0 Å². The van der Waals surface area contributed by atoms with Crippen molar-refractivity contribution in [3.8, 4) is 5.75 Å². The van der Waals surface area contributed by atoms with Gasteiger partial charge in [0.05, 0.1) is 4.92 Å². The predicted molar refractivity (Wildman–Crippen MR) is 114 cm³/mol. The van der Waals surface area contributed by atoms with E-state index in [1.165, 1.54) is 36.4 Å². The fourth-order valence-electron chi connectivity index (χ4n) is 2.66. The summed E-state index contributed by atoms with van der Waals surface area (Å²) in [5.41, 5.74) is -1.48. The van der Waals surface area contributed by atoms with Crippen LogP contribution in [0.15, 0.2) is 79.9 Å². The Morgan fingerprint density at radius 3 is 2.03 bits per heavy atom. The molecule has 168 valence electrons. The zero-order chi connectivity index (χ0) is 25.0. The van der Waals surface area contributed by atoms with Gasteiger partial charge in [-0.1, -0.05) is 0 Å². The first kappa shape index (κ1) is 32.5. The molecule has 0 fully saturated rings. The summed E-state index contributed by atoms with van der Waals surface area (Å²) in [7, 11) is -4.85. The van der Waals surface area contributed by atoms with Crippen LogP contribution in [-0.2, 0) is 10.1 Å². The van der Waals surface area contributed by atoms with E-state index in [1.54, 1.807) is 6.07 Å². The second-order valence-corrected chi connectivity index (χ2v) is 9.25. The first-order valence-electron chi connectivity index (χ1n) is 9.18. The summed E-state index contributed by atoms with van der Waals surface area (Å²) in [5.74, 6) is -2.54. The van der Waals surface area contributed by atoms with Crippen molar-refractivity contribution in [3.05, 3.63) is 70.3 Å². The molecule has 0 unspecified atom stereocenters. The van der Waals surface area contributed by atoms with E-state index < -0.39 is 37.2 Å². The second kappa shape index (κ2) is 13.8. The number of carboxylic acid groups (broad SMARTS) is 1. The van der Waals surface area contributed by atoms with Crippen molar-refractivity contribution >= 4 is 75.3 Å². The molecule has 0 spiro atoms. The minimum Gasteiger partial charge on any atom is 1.00 e. The number of hydrogen-bond acceptors (Lipinski definition) is 12. The number of azo groups is 2. The quantitative estimate of drug-likeness (QED) is 0.104. The molecule has 17 heteroatoms. The molecule has 3 aromatic carbocycles. The molecule has 36 heavy (non-hydrogen) atoms. The monoisotopic (exact) mass is 537 g/mol. The Balaban J connectivity index is 0.00000324. The van der Waals surface area contributed by atoms with E-state index in [0.29, 0.717) is 30.7 Å². The largest absolute Gasteiger partial charge is 1.00 e. The Labute approximate surface area is 265 Å². The first-order valence-corrected chi connectivity index (χ1v) is 11.6. The molecule has 0 heterocycles. The van der Waals surface area contributed by atoms with Crippen LogP contribution in [0.2, 0.25) is 0 Å². The van der Waals surface area contributed by atoms with Gasteiger partial charge in [-0.05, 0) is 12.1 Å². The third-order valence-electron chi connectivity index (χ3n) is 4.29. The second-order valence-electron chi connectivity index (χ2n) is 6.75. The SMILES string of the molecule is O=C([O-])c1cc(N=Nc2cc[c]([Na])cc2S(=O)(=O)[O-])cc(N=Nc2ccc([N+](=O)[O-])cc2)c1O.[Na+].[Na+]. The molecule has 0 aliphatic heterocycles. The van der Waals surface area contributed by atoms with Crippen LogP contribution in [0.1, 0.15) is 10.4 Å². The van der Waals surface area contributed by atoms with Gasteiger partial charge in [-0.25, -0.2) is 0 Å². The molecule has 0 saturated carbocycles.